The molecule has 0 spiro atoms. The summed E-state index contributed by atoms with van der Waals surface area (Å²) in [6.45, 7) is 0.988. The molecule has 0 aliphatic rings. The Kier molecular flexibility index (Phi) is 2.72. The minimum Gasteiger partial charge on any atom is -0.354 e. The van der Waals surface area contributed by atoms with E-state index in [-0.39, 0.29) is 0 Å². The van der Waals surface area contributed by atoms with E-state index in [9.17, 15) is 9.59 Å². The van der Waals surface area contributed by atoms with Gasteiger partial charge in [0.25, 0.3) is 5.56 Å². The molecule has 17 heavy (non-hydrogen) atoms. The van der Waals surface area contributed by atoms with Crippen LogP contribution in [-0.2, 0) is 14.1 Å². The normalized spacial score (nSPS) is 11.0. The third kappa shape index (κ3) is 1.72. The van der Waals surface area contributed by atoms with Crippen molar-refractivity contribution in [3.8, 4) is 0 Å². The number of rotatable bonds is 3. The third-order valence-corrected chi connectivity index (χ3v) is 2.53. The Morgan fingerprint density at radius 3 is 2.71 bits per heavy atom. The van der Waals surface area contributed by atoms with Gasteiger partial charge in [-0.2, -0.15) is 4.98 Å². The van der Waals surface area contributed by atoms with Crippen LogP contribution in [0.4, 0.5) is 5.95 Å². The molecule has 0 aliphatic heterocycles. The Labute approximate surface area is 96.1 Å². The fourth-order valence-corrected chi connectivity index (χ4v) is 1.60. The van der Waals surface area contributed by atoms with Crippen molar-refractivity contribution >= 4 is 17.1 Å². The highest BCUT2D eigenvalue weighted by atomic mass is 16.2. The summed E-state index contributed by atoms with van der Waals surface area (Å²) in [4.78, 5) is 30.4. The van der Waals surface area contributed by atoms with Gasteiger partial charge in [0, 0.05) is 27.2 Å². The number of hydrogen-bond donors (Lipinski definition) is 3. The zero-order valence-corrected chi connectivity index (χ0v) is 9.65. The summed E-state index contributed by atoms with van der Waals surface area (Å²) in [7, 11) is 3.00. The molecule has 0 amide bonds. The van der Waals surface area contributed by atoms with Crippen molar-refractivity contribution < 1.29 is 0 Å². The van der Waals surface area contributed by atoms with Crippen LogP contribution in [0.3, 0.4) is 0 Å². The average Bonchev–Trinajstić information content (AvgIpc) is 2.75. The molecule has 0 saturated heterocycles. The van der Waals surface area contributed by atoms with Gasteiger partial charge in [-0.15, -0.1) is 0 Å². The van der Waals surface area contributed by atoms with Crippen LogP contribution in [0.2, 0.25) is 0 Å². The van der Waals surface area contributed by atoms with Crippen molar-refractivity contribution in [3.63, 3.8) is 0 Å². The van der Waals surface area contributed by atoms with Crippen LogP contribution in [0, 0.1) is 0 Å². The molecule has 0 radical (unpaired) electrons. The lowest BCUT2D eigenvalue weighted by Gasteiger charge is -2.00. The first-order valence-electron chi connectivity index (χ1n) is 5.16. The molecule has 2 heterocycles. The Morgan fingerprint density at radius 1 is 1.35 bits per heavy atom. The zero-order chi connectivity index (χ0) is 12.6. The maximum Gasteiger partial charge on any atom is 0.332 e. The van der Waals surface area contributed by atoms with Crippen molar-refractivity contribution in [3.05, 3.63) is 20.8 Å². The molecule has 0 unspecified atom stereocenters. The number of aromatic nitrogens is 4. The largest absolute Gasteiger partial charge is 0.354 e. The molecule has 2 rings (SSSR count). The Balaban J connectivity index is 2.69. The van der Waals surface area contributed by atoms with E-state index in [1.54, 1.807) is 7.05 Å². The molecule has 8 nitrogen and oxygen atoms in total. The summed E-state index contributed by atoms with van der Waals surface area (Å²) >= 11 is 0. The number of nitrogens with one attached hydrogen (secondary N) is 2. The van der Waals surface area contributed by atoms with Crippen molar-refractivity contribution in [1.82, 2.24) is 19.1 Å². The fraction of sp³-hybridized carbons (Fsp3) is 0.444. The lowest BCUT2D eigenvalue weighted by molar-refractivity contribution is 0.709. The van der Waals surface area contributed by atoms with Gasteiger partial charge in [0.15, 0.2) is 11.2 Å². The van der Waals surface area contributed by atoms with Gasteiger partial charge in [0.05, 0.1) is 0 Å². The summed E-state index contributed by atoms with van der Waals surface area (Å²) in [5, 5.41) is 2.92. The standard InChI is InChI=1S/C9H14N6O2/c1-14-6-5(7(16)15(2)9(14)17)12-8(13-6)11-4-3-10/h3-4,10H2,1-2H3,(H2,11,12,13). The number of H-pyrrole nitrogens is 1. The minimum absolute atomic E-state index is 0.300. The van der Waals surface area contributed by atoms with Crippen LogP contribution >= 0.6 is 0 Å². The Hall–Kier alpha value is -2.09. The number of anilines is 1. The average molecular weight is 238 g/mol. The molecule has 8 heteroatoms. The smallest absolute Gasteiger partial charge is 0.332 e. The van der Waals surface area contributed by atoms with Crippen LogP contribution < -0.4 is 22.3 Å². The van der Waals surface area contributed by atoms with Crippen LogP contribution in [0.1, 0.15) is 0 Å². The van der Waals surface area contributed by atoms with Gasteiger partial charge in [0.1, 0.15) is 0 Å². The van der Waals surface area contributed by atoms with E-state index in [2.05, 4.69) is 15.3 Å². The van der Waals surface area contributed by atoms with Crippen molar-refractivity contribution in [2.45, 2.75) is 0 Å². The van der Waals surface area contributed by atoms with E-state index in [4.69, 9.17) is 5.73 Å². The van der Waals surface area contributed by atoms with E-state index in [0.717, 1.165) is 4.57 Å². The fourth-order valence-electron chi connectivity index (χ4n) is 1.60. The number of aromatic amines is 1. The second kappa shape index (κ2) is 4.06. The van der Waals surface area contributed by atoms with E-state index >= 15 is 0 Å². The van der Waals surface area contributed by atoms with Crippen LogP contribution in [0.5, 0.6) is 0 Å². The molecule has 2 aromatic heterocycles. The highest BCUT2D eigenvalue weighted by Crippen LogP contribution is 2.07. The molecule has 0 aromatic carbocycles. The van der Waals surface area contributed by atoms with Crippen LogP contribution in [0.25, 0.3) is 11.2 Å². The number of imidazole rings is 1. The first-order valence-corrected chi connectivity index (χ1v) is 5.16. The van der Waals surface area contributed by atoms with Gasteiger partial charge in [-0.25, -0.2) is 4.79 Å². The predicted octanol–water partition coefficient (Wildman–Crippen LogP) is -1.67. The summed E-state index contributed by atoms with van der Waals surface area (Å²) in [5.74, 6) is 0.434. The van der Waals surface area contributed by atoms with Crippen LogP contribution in [0.15, 0.2) is 9.59 Å². The third-order valence-electron chi connectivity index (χ3n) is 2.53. The monoisotopic (exact) mass is 238 g/mol. The first kappa shape index (κ1) is 11.4. The number of fused-ring (bicyclic) bond motifs is 1. The minimum atomic E-state index is -0.403. The molecule has 2 aromatic rings. The predicted molar refractivity (Wildman–Crippen MR) is 64.1 cm³/mol. The maximum atomic E-state index is 11.8. The van der Waals surface area contributed by atoms with E-state index in [1.165, 1.54) is 11.6 Å². The van der Waals surface area contributed by atoms with Crippen LogP contribution in [-0.4, -0.2) is 32.2 Å². The van der Waals surface area contributed by atoms with Gasteiger partial charge in [-0.05, 0) is 0 Å². The second-order valence-corrected chi connectivity index (χ2v) is 3.71. The number of aryl methyl sites for hydroxylation is 1. The van der Waals surface area contributed by atoms with Gasteiger partial charge >= 0.3 is 5.69 Å². The summed E-state index contributed by atoms with van der Waals surface area (Å²) in [6.07, 6.45) is 0. The molecule has 92 valence electrons. The van der Waals surface area contributed by atoms with Crippen molar-refractivity contribution in [1.29, 1.82) is 0 Å². The molecule has 0 saturated carbocycles. The lowest BCUT2D eigenvalue weighted by Crippen LogP contribution is -2.36. The number of nitrogens with two attached hydrogens (primary N) is 1. The SMILES string of the molecule is Cn1c(=O)c2[nH]c(NCCN)nc2n(C)c1=O. The van der Waals surface area contributed by atoms with Gasteiger partial charge in [-0.1, -0.05) is 0 Å². The Bertz CT molecular complexity index is 664. The van der Waals surface area contributed by atoms with Gasteiger partial charge < -0.3 is 16.0 Å². The molecule has 0 fully saturated rings. The molecular weight excluding hydrogens is 224 g/mol. The molecular formula is C9H14N6O2. The molecule has 4 N–H and O–H groups in total. The highest BCUT2D eigenvalue weighted by Gasteiger charge is 2.12. The zero-order valence-electron chi connectivity index (χ0n) is 9.65. The summed E-state index contributed by atoms with van der Waals surface area (Å²) < 4.78 is 2.36. The van der Waals surface area contributed by atoms with Crippen molar-refractivity contribution in [2.75, 3.05) is 18.4 Å². The van der Waals surface area contributed by atoms with E-state index < -0.39 is 11.2 Å². The summed E-state index contributed by atoms with van der Waals surface area (Å²) in [6, 6.07) is 0. The number of hydrogen-bond acceptors (Lipinski definition) is 5. The molecule has 0 atom stereocenters. The summed E-state index contributed by atoms with van der Waals surface area (Å²) in [5.41, 5.74) is 5.19. The van der Waals surface area contributed by atoms with Gasteiger partial charge in [-0.3, -0.25) is 13.9 Å². The van der Waals surface area contributed by atoms with Gasteiger partial charge in [0.2, 0.25) is 5.95 Å². The highest BCUT2D eigenvalue weighted by molar-refractivity contribution is 5.72. The van der Waals surface area contributed by atoms with E-state index in [1.807, 2.05) is 0 Å². The Morgan fingerprint density at radius 2 is 2.06 bits per heavy atom. The topological polar surface area (TPSA) is 111 Å². The quantitative estimate of drug-likeness (QED) is 0.592. The van der Waals surface area contributed by atoms with E-state index in [0.29, 0.717) is 30.2 Å². The second-order valence-electron chi connectivity index (χ2n) is 3.71. The lowest BCUT2D eigenvalue weighted by atomic mass is 10.5. The number of nitrogens with zero attached hydrogens (tertiary/aromatic N) is 3. The molecule has 0 bridgehead atoms. The first-order chi connectivity index (χ1) is 8.06. The maximum absolute atomic E-state index is 11.8. The van der Waals surface area contributed by atoms with Crippen molar-refractivity contribution in [2.24, 2.45) is 19.8 Å². The molecule has 0 aliphatic carbocycles.